The van der Waals surface area contributed by atoms with E-state index in [-0.39, 0.29) is 0 Å². The molecule has 0 radical (unpaired) electrons. The van der Waals surface area contributed by atoms with Gasteiger partial charge in [-0.25, -0.2) is 0 Å². The van der Waals surface area contributed by atoms with Gasteiger partial charge in [0.05, 0.1) is 0 Å². The first-order valence-corrected chi connectivity index (χ1v) is 5.12. The Morgan fingerprint density at radius 3 is 2.85 bits per heavy atom. The Hall–Kier alpha value is -0.530. The molecule has 70 valence electrons. The average Bonchev–Trinajstić information content (AvgIpc) is 2.86. The van der Waals surface area contributed by atoms with Gasteiger partial charge < -0.3 is 5.32 Å². The monoisotopic (exact) mass is 195 g/mol. The lowest BCUT2D eigenvalue weighted by Crippen LogP contribution is -2.15. The van der Waals surface area contributed by atoms with Gasteiger partial charge in [0.15, 0.2) is 0 Å². The summed E-state index contributed by atoms with van der Waals surface area (Å²) < 4.78 is 0. The zero-order valence-electron chi connectivity index (χ0n) is 7.81. The molecule has 1 saturated carbocycles. The largest absolute Gasteiger partial charge is 0.310 e. The van der Waals surface area contributed by atoms with Gasteiger partial charge >= 0.3 is 0 Å². The van der Waals surface area contributed by atoms with Crippen LogP contribution in [0.5, 0.6) is 0 Å². The van der Waals surface area contributed by atoms with Crippen LogP contribution in [0.1, 0.15) is 24.0 Å². The van der Waals surface area contributed by atoms with E-state index in [9.17, 15) is 0 Å². The van der Waals surface area contributed by atoms with Gasteiger partial charge in [0.25, 0.3) is 0 Å². The lowest BCUT2D eigenvalue weighted by atomic mass is 10.1. The fourth-order valence-electron chi connectivity index (χ4n) is 1.34. The molecule has 0 bridgehead atoms. The van der Waals surface area contributed by atoms with Crippen LogP contribution in [-0.4, -0.2) is 6.04 Å². The van der Waals surface area contributed by atoms with E-state index in [1.165, 1.54) is 24.0 Å². The lowest BCUT2D eigenvalue weighted by molar-refractivity contribution is 0.688. The van der Waals surface area contributed by atoms with Crippen LogP contribution in [0, 0.1) is 6.92 Å². The fraction of sp³-hybridized carbons (Fsp3) is 0.455. The van der Waals surface area contributed by atoms with Crippen LogP contribution in [-0.2, 0) is 6.54 Å². The summed E-state index contributed by atoms with van der Waals surface area (Å²) in [6.07, 6.45) is 2.65. The van der Waals surface area contributed by atoms with Crippen molar-refractivity contribution in [1.29, 1.82) is 0 Å². The summed E-state index contributed by atoms with van der Waals surface area (Å²) >= 11 is 6.09. The predicted molar refractivity (Wildman–Crippen MR) is 56.1 cm³/mol. The third-order valence-electron chi connectivity index (χ3n) is 2.37. The molecule has 1 aromatic rings. The summed E-state index contributed by atoms with van der Waals surface area (Å²) in [5.74, 6) is 0. The Balaban J connectivity index is 2.01. The smallest absolute Gasteiger partial charge is 0.0453 e. The molecule has 0 atom stereocenters. The average molecular weight is 196 g/mol. The highest BCUT2D eigenvalue weighted by molar-refractivity contribution is 6.31. The predicted octanol–water partition coefficient (Wildman–Crippen LogP) is 2.90. The molecule has 0 saturated heterocycles. The summed E-state index contributed by atoms with van der Waals surface area (Å²) in [6, 6.07) is 6.98. The molecule has 1 nitrogen and oxygen atoms in total. The van der Waals surface area contributed by atoms with E-state index in [0.29, 0.717) is 0 Å². The molecule has 0 aliphatic heterocycles. The molecule has 0 aromatic heterocycles. The van der Waals surface area contributed by atoms with Crippen LogP contribution in [0.3, 0.4) is 0 Å². The standard InChI is InChI=1S/C11H14ClN/c1-8-2-3-9(11(12)6-8)7-13-10-4-5-10/h2-3,6,10,13H,4-5,7H2,1H3. The Bertz CT molecular complexity index is 305. The first kappa shape index (κ1) is 9.04. The second-order valence-corrected chi connectivity index (χ2v) is 4.16. The molecule has 2 heteroatoms. The summed E-state index contributed by atoms with van der Waals surface area (Å²) in [5, 5.41) is 4.33. The SMILES string of the molecule is Cc1ccc(CNC2CC2)c(Cl)c1. The highest BCUT2D eigenvalue weighted by Gasteiger charge is 2.20. The summed E-state index contributed by atoms with van der Waals surface area (Å²) in [7, 11) is 0. The minimum absolute atomic E-state index is 0.748. The maximum atomic E-state index is 6.09. The number of benzene rings is 1. The van der Waals surface area contributed by atoms with Crippen LogP contribution in [0.25, 0.3) is 0 Å². The van der Waals surface area contributed by atoms with E-state index in [2.05, 4.69) is 24.4 Å². The highest BCUT2D eigenvalue weighted by atomic mass is 35.5. The van der Waals surface area contributed by atoms with Crippen molar-refractivity contribution in [1.82, 2.24) is 5.32 Å². The molecule has 13 heavy (non-hydrogen) atoms. The molecule has 2 rings (SSSR count). The molecular weight excluding hydrogens is 182 g/mol. The third kappa shape index (κ3) is 2.45. The van der Waals surface area contributed by atoms with Crippen molar-refractivity contribution in [3.05, 3.63) is 34.3 Å². The van der Waals surface area contributed by atoms with E-state index < -0.39 is 0 Å². The minimum Gasteiger partial charge on any atom is -0.310 e. The molecule has 0 amide bonds. The zero-order chi connectivity index (χ0) is 9.26. The fourth-order valence-corrected chi connectivity index (χ4v) is 1.64. The third-order valence-corrected chi connectivity index (χ3v) is 2.72. The van der Waals surface area contributed by atoms with E-state index in [1.807, 2.05) is 6.07 Å². The molecule has 1 aromatic carbocycles. The molecule has 0 unspecified atom stereocenters. The first-order chi connectivity index (χ1) is 6.25. The van der Waals surface area contributed by atoms with Gasteiger partial charge in [-0.3, -0.25) is 0 Å². The minimum atomic E-state index is 0.748. The van der Waals surface area contributed by atoms with Gasteiger partial charge in [-0.2, -0.15) is 0 Å². The van der Waals surface area contributed by atoms with Crippen LogP contribution in [0.2, 0.25) is 5.02 Å². The Kier molecular flexibility index (Phi) is 2.56. The number of hydrogen-bond donors (Lipinski definition) is 1. The molecular formula is C11H14ClN. The second kappa shape index (κ2) is 3.69. The number of nitrogens with one attached hydrogen (secondary N) is 1. The maximum Gasteiger partial charge on any atom is 0.0453 e. The summed E-state index contributed by atoms with van der Waals surface area (Å²) in [5.41, 5.74) is 2.43. The van der Waals surface area contributed by atoms with Crippen LogP contribution < -0.4 is 5.32 Å². The summed E-state index contributed by atoms with van der Waals surface area (Å²) in [4.78, 5) is 0. The molecule has 0 heterocycles. The Labute approximate surface area is 84.1 Å². The summed E-state index contributed by atoms with van der Waals surface area (Å²) in [6.45, 7) is 2.97. The van der Waals surface area contributed by atoms with Crippen LogP contribution in [0.4, 0.5) is 0 Å². The Morgan fingerprint density at radius 2 is 2.23 bits per heavy atom. The van der Waals surface area contributed by atoms with Crippen LogP contribution in [0.15, 0.2) is 18.2 Å². The maximum absolute atomic E-state index is 6.09. The van der Waals surface area contributed by atoms with Gasteiger partial charge in [-0.05, 0) is 37.0 Å². The van der Waals surface area contributed by atoms with E-state index in [0.717, 1.165) is 17.6 Å². The molecule has 1 N–H and O–H groups in total. The van der Waals surface area contributed by atoms with Crippen molar-refractivity contribution >= 4 is 11.6 Å². The first-order valence-electron chi connectivity index (χ1n) is 4.74. The van der Waals surface area contributed by atoms with Gasteiger partial charge in [-0.15, -0.1) is 0 Å². The van der Waals surface area contributed by atoms with Crippen molar-refractivity contribution < 1.29 is 0 Å². The van der Waals surface area contributed by atoms with E-state index >= 15 is 0 Å². The van der Waals surface area contributed by atoms with Crippen molar-refractivity contribution in [2.24, 2.45) is 0 Å². The number of hydrogen-bond acceptors (Lipinski definition) is 1. The van der Waals surface area contributed by atoms with Gasteiger partial charge in [0, 0.05) is 17.6 Å². The number of rotatable bonds is 3. The van der Waals surface area contributed by atoms with Gasteiger partial charge in [0.2, 0.25) is 0 Å². The number of halogens is 1. The van der Waals surface area contributed by atoms with Crippen molar-refractivity contribution in [2.45, 2.75) is 32.4 Å². The van der Waals surface area contributed by atoms with Gasteiger partial charge in [0.1, 0.15) is 0 Å². The van der Waals surface area contributed by atoms with E-state index in [4.69, 9.17) is 11.6 Å². The van der Waals surface area contributed by atoms with Crippen molar-refractivity contribution in [2.75, 3.05) is 0 Å². The highest BCUT2D eigenvalue weighted by Crippen LogP contribution is 2.22. The number of aryl methyl sites for hydroxylation is 1. The van der Waals surface area contributed by atoms with Crippen molar-refractivity contribution in [3.63, 3.8) is 0 Å². The molecule has 1 aliphatic rings. The van der Waals surface area contributed by atoms with Crippen LogP contribution >= 0.6 is 11.6 Å². The topological polar surface area (TPSA) is 12.0 Å². The lowest BCUT2D eigenvalue weighted by Gasteiger charge is -2.05. The molecule has 1 fully saturated rings. The normalized spacial score (nSPS) is 16.2. The van der Waals surface area contributed by atoms with Gasteiger partial charge in [-0.1, -0.05) is 23.7 Å². The van der Waals surface area contributed by atoms with E-state index in [1.54, 1.807) is 0 Å². The quantitative estimate of drug-likeness (QED) is 0.782. The second-order valence-electron chi connectivity index (χ2n) is 3.75. The molecule has 1 aliphatic carbocycles. The Morgan fingerprint density at radius 1 is 1.46 bits per heavy atom. The zero-order valence-corrected chi connectivity index (χ0v) is 8.56. The van der Waals surface area contributed by atoms with Crippen molar-refractivity contribution in [3.8, 4) is 0 Å². The molecule has 0 spiro atoms.